The van der Waals surface area contributed by atoms with Gasteiger partial charge >= 0.3 is 0 Å². The standard InChI is InChI=1S/C20H23N5O2S/c1-27-19-12-15(2-5-22-19)4-7-24-8-10-25(11-9-24)20-14-17(23-28-20)16-3-6-21-18(26)13-16/h2-3,5-6,12-14H,4,7-11H2,1H3,(H,21,26). The highest BCUT2D eigenvalue weighted by Gasteiger charge is 2.19. The Morgan fingerprint density at radius 2 is 2.04 bits per heavy atom. The summed E-state index contributed by atoms with van der Waals surface area (Å²) in [5.41, 5.74) is 2.87. The van der Waals surface area contributed by atoms with Crippen LogP contribution < -0.4 is 15.2 Å². The highest BCUT2D eigenvalue weighted by Crippen LogP contribution is 2.28. The van der Waals surface area contributed by atoms with E-state index in [-0.39, 0.29) is 5.56 Å². The fraction of sp³-hybridized carbons (Fsp3) is 0.350. The second-order valence-corrected chi connectivity index (χ2v) is 7.56. The van der Waals surface area contributed by atoms with Crippen LogP contribution in [0.15, 0.2) is 47.5 Å². The van der Waals surface area contributed by atoms with Crippen molar-refractivity contribution in [2.75, 3.05) is 44.7 Å². The molecule has 0 saturated carbocycles. The van der Waals surface area contributed by atoms with Crippen LogP contribution in [0.2, 0.25) is 0 Å². The van der Waals surface area contributed by atoms with Crippen molar-refractivity contribution >= 4 is 16.5 Å². The summed E-state index contributed by atoms with van der Waals surface area (Å²) >= 11 is 1.50. The summed E-state index contributed by atoms with van der Waals surface area (Å²) in [6.07, 6.45) is 4.45. The number of nitrogens with zero attached hydrogens (tertiary/aromatic N) is 4. The van der Waals surface area contributed by atoms with Gasteiger partial charge in [0.15, 0.2) is 0 Å². The van der Waals surface area contributed by atoms with Crippen molar-refractivity contribution in [3.8, 4) is 17.1 Å². The molecule has 1 fully saturated rings. The normalized spacial score (nSPS) is 15.0. The van der Waals surface area contributed by atoms with E-state index in [4.69, 9.17) is 4.74 Å². The van der Waals surface area contributed by atoms with Crippen LogP contribution >= 0.6 is 11.5 Å². The molecule has 146 valence electrons. The van der Waals surface area contributed by atoms with Crippen LogP contribution in [0, 0.1) is 0 Å². The predicted octanol–water partition coefficient (Wildman–Crippen LogP) is 2.27. The second-order valence-electron chi connectivity index (χ2n) is 6.78. The number of rotatable bonds is 6. The van der Waals surface area contributed by atoms with Gasteiger partial charge in [-0.2, -0.15) is 4.37 Å². The van der Waals surface area contributed by atoms with Gasteiger partial charge in [-0.15, -0.1) is 0 Å². The molecule has 0 atom stereocenters. The molecule has 4 rings (SSSR count). The number of methoxy groups -OCH3 is 1. The Hall–Kier alpha value is -2.71. The van der Waals surface area contributed by atoms with Crippen molar-refractivity contribution in [3.05, 3.63) is 58.6 Å². The van der Waals surface area contributed by atoms with Crippen molar-refractivity contribution in [2.45, 2.75) is 6.42 Å². The van der Waals surface area contributed by atoms with Gasteiger partial charge in [-0.25, -0.2) is 4.98 Å². The summed E-state index contributed by atoms with van der Waals surface area (Å²) < 4.78 is 9.72. The van der Waals surface area contributed by atoms with Crippen LogP contribution in [-0.2, 0) is 6.42 Å². The maximum atomic E-state index is 11.5. The average Bonchev–Trinajstić information content (AvgIpc) is 3.23. The number of aromatic nitrogens is 3. The number of hydrogen-bond donors (Lipinski definition) is 1. The molecule has 4 heterocycles. The molecule has 0 unspecified atom stereocenters. The molecule has 0 amide bonds. The zero-order valence-corrected chi connectivity index (χ0v) is 16.6. The maximum Gasteiger partial charge on any atom is 0.248 e. The zero-order chi connectivity index (χ0) is 19.3. The third-order valence-electron chi connectivity index (χ3n) is 4.98. The molecule has 0 aliphatic carbocycles. The van der Waals surface area contributed by atoms with E-state index in [0.29, 0.717) is 5.88 Å². The van der Waals surface area contributed by atoms with Gasteiger partial charge in [-0.1, -0.05) is 0 Å². The zero-order valence-electron chi connectivity index (χ0n) is 15.8. The highest BCUT2D eigenvalue weighted by molar-refractivity contribution is 7.10. The number of ether oxygens (including phenoxy) is 1. The fourth-order valence-corrected chi connectivity index (χ4v) is 4.16. The van der Waals surface area contributed by atoms with Crippen LogP contribution in [0.4, 0.5) is 5.00 Å². The summed E-state index contributed by atoms with van der Waals surface area (Å²) in [5, 5.41) is 1.16. The quantitative estimate of drug-likeness (QED) is 0.688. The summed E-state index contributed by atoms with van der Waals surface area (Å²) in [7, 11) is 1.64. The second kappa shape index (κ2) is 8.53. The van der Waals surface area contributed by atoms with Crippen molar-refractivity contribution in [1.82, 2.24) is 19.2 Å². The number of piperazine rings is 1. The van der Waals surface area contributed by atoms with E-state index >= 15 is 0 Å². The van der Waals surface area contributed by atoms with E-state index in [1.807, 2.05) is 18.2 Å². The van der Waals surface area contributed by atoms with Gasteiger partial charge in [0.1, 0.15) is 5.00 Å². The first-order valence-corrected chi connectivity index (χ1v) is 10.1. The average molecular weight is 398 g/mol. The first-order chi connectivity index (χ1) is 13.7. The van der Waals surface area contributed by atoms with E-state index in [9.17, 15) is 4.79 Å². The minimum absolute atomic E-state index is 0.104. The molecule has 1 saturated heterocycles. The summed E-state index contributed by atoms with van der Waals surface area (Å²) in [6.45, 7) is 5.05. The minimum atomic E-state index is -0.104. The fourth-order valence-electron chi connectivity index (χ4n) is 3.35. The van der Waals surface area contributed by atoms with Gasteiger partial charge in [0.2, 0.25) is 11.4 Å². The number of pyridine rings is 2. The van der Waals surface area contributed by atoms with Crippen LogP contribution in [-0.4, -0.2) is 59.1 Å². The monoisotopic (exact) mass is 397 g/mol. The van der Waals surface area contributed by atoms with Gasteiger partial charge in [0.25, 0.3) is 0 Å². The molecule has 3 aromatic rings. The first kappa shape index (κ1) is 18.6. The van der Waals surface area contributed by atoms with Crippen molar-refractivity contribution in [3.63, 3.8) is 0 Å². The van der Waals surface area contributed by atoms with Crippen molar-refractivity contribution in [1.29, 1.82) is 0 Å². The molecule has 1 aliphatic rings. The highest BCUT2D eigenvalue weighted by atomic mass is 32.1. The van der Waals surface area contributed by atoms with Crippen LogP contribution in [0.25, 0.3) is 11.3 Å². The molecule has 8 heteroatoms. The molecule has 1 aliphatic heterocycles. The molecular weight excluding hydrogens is 374 g/mol. The van der Waals surface area contributed by atoms with Gasteiger partial charge < -0.3 is 14.6 Å². The van der Waals surface area contributed by atoms with Gasteiger partial charge in [-0.05, 0) is 35.6 Å². The lowest BCUT2D eigenvalue weighted by Crippen LogP contribution is -2.46. The molecule has 0 spiro atoms. The third-order valence-corrected chi connectivity index (χ3v) is 5.83. The Labute approximate surface area is 167 Å². The maximum absolute atomic E-state index is 11.5. The number of anilines is 1. The van der Waals surface area contributed by atoms with Gasteiger partial charge in [0, 0.05) is 68.9 Å². The first-order valence-electron chi connectivity index (χ1n) is 9.33. The molecule has 0 aromatic carbocycles. The third kappa shape index (κ3) is 4.40. The molecule has 0 radical (unpaired) electrons. The number of aromatic amines is 1. The molecule has 7 nitrogen and oxygen atoms in total. The lowest BCUT2D eigenvalue weighted by Gasteiger charge is -2.35. The predicted molar refractivity (Wildman–Crippen MR) is 111 cm³/mol. The van der Waals surface area contributed by atoms with Crippen LogP contribution in [0.1, 0.15) is 5.56 Å². The summed E-state index contributed by atoms with van der Waals surface area (Å²) in [6, 6.07) is 9.60. The van der Waals surface area contributed by atoms with E-state index in [0.717, 1.165) is 55.4 Å². The Bertz CT molecular complexity index is 978. The summed E-state index contributed by atoms with van der Waals surface area (Å²) in [5.74, 6) is 0.670. The van der Waals surface area contributed by atoms with E-state index in [1.54, 1.807) is 25.6 Å². The molecular formula is C20H23N5O2S. The van der Waals surface area contributed by atoms with Gasteiger partial charge in [0.05, 0.1) is 12.8 Å². The SMILES string of the molecule is COc1cc(CCN2CCN(c3cc(-c4cc[nH]c(=O)c4)ns3)CC2)ccn1. The largest absolute Gasteiger partial charge is 0.481 e. The number of hydrogen-bond acceptors (Lipinski definition) is 7. The Kier molecular flexibility index (Phi) is 5.68. The summed E-state index contributed by atoms with van der Waals surface area (Å²) in [4.78, 5) is 23.2. The number of nitrogens with one attached hydrogen (secondary N) is 1. The van der Waals surface area contributed by atoms with Gasteiger partial charge in [-0.3, -0.25) is 9.69 Å². The van der Waals surface area contributed by atoms with E-state index in [1.165, 1.54) is 17.1 Å². The smallest absolute Gasteiger partial charge is 0.248 e. The number of H-pyrrole nitrogens is 1. The molecule has 3 aromatic heterocycles. The Morgan fingerprint density at radius 1 is 1.18 bits per heavy atom. The van der Waals surface area contributed by atoms with E-state index in [2.05, 4.69) is 30.2 Å². The lowest BCUT2D eigenvalue weighted by molar-refractivity contribution is 0.261. The molecule has 0 bridgehead atoms. The van der Waals surface area contributed by atoms with E-state index < -0.39 is 0 Å². The van der Waals surface area contributed by atoms with Crippen LogP contribution in [0.3, 0.4) is 0 Å². The molecule has 1 N–H and O–H groups in total. The minimum Gasteiger partial charge on any atom is -0.481 e. The van der Waals surface area contributed by atoms with Crippen LogP contribution in [0.5, 0.6) is 5.88 Å². The Balaban J connectivity index is 1.31. The van der Waals surface area contributed by atoms with Crippen molar-refractivity contribution in [2.24, 2.45) is 0 Å². The molecule has 28 heavy (non-hydrogen) atoms. The lowest BCUT2D eigenvalue weighted by atomic mass is 10.1. The Morgan fingerprint density at radius 3 is 2.82 bits per heavy atom. The topological polar surface area (TPSA) is 74.3 Å². The van der Waals surface area contributed by atoms with Crippen molar-refractivity contribution < 1.29 is 4.74 Å².